The number of hydrogen-bond donors (Lipinski definition) is 16. The average Bonchev–Trinajstić information content (AvgIpc) is 2.64. The molecule has 264 valence electrons. The Hall–Kier alpha value is 1.12. The summed E-state index contributed by atoms with van der Waals surface area (Å²) in [6.07, 6.45) is -3.11. The van der Waals surface area contributed by atoms with Crippen LogP contribution in [0, 0.1) is 0 Å². The van der Waals surface area contributed by atoms with Gasteiger partial charge in [0.15, 0.2) is 0 Å². The lowest BCUT2D eigenvalue weighted by Crippen LogP contribution is -2.62. The summed E-state index contributed by atoms with van der Waals surface area (Å²) in [5, 5.41) is 0. The fourth-order valence-corrected chi connectivity index (χ4v) is 17.2. The monoisotopic (exact) mass is 810 g/mol. The van der Waals surface area contributed by atoms with Gasteiger partial charge in [0.2, 0.25) is 22.1 Å². The number of rotatable bonds is 14. The van der Waals surface area contributed by atoms with Crippen molar-refractivity contribution in [1.82, 2.24) is 9.80 Å². The highest BCUT2D eigenvalue weighted by atomic mass is 31.3. The molecule has 0 unspecified atom stereocenters. The molecule has 0 bridgehead atoms. The minimum absolute atomic E-state index is 0.456. The zero-order valence-corrected chi connectivity index (χ0v) is 28.3. The lowest BCUT2D eigenvalue weighted by atomic mass is 9.89. The zero-order chi connectivity index (χ0) is 35.4. The molecule has 16 N–H and O–H groups in total. The molecule has 0 heterocycles. The van der Waals surface area contributed by atoms with Crippen LogP contribution in [-0.2, 0) is 36.5 Å². The van der Waals surface area contributed by atoms with Gasteiger partial charge in [0.05, 0.1) is 0 Å². The molecule has 0 aliphatic heterocycles. The van der Waals surface area contributed by atoms with Crippen LogP contribution in [0.4, 0.5) is 0 Å². The van der Waals surface area contributed by atoms with Gasteiger partial charge < -0.3 is 78.3 Å². The first-order valence-corrected chi connectivity index (χ1v) is 24.4. The molecule has 1 aliphatic rings. The van der Waals surface area contributed by atoms with E-state index < -0.39 is 130 Å². The quantitative estimate of drug-likeness (QED) is 0.0803. The molecule has 0 radical (unpaired) electrons. The van der Waals surface area contributed by atoms with Gasteiger partial charge in [-0.15, -0.1) is 0 Å². The molecule has 1 fully saturated rings. The van der Waals surface area contributed by atoms with Crippen molar-refractivity contribution in [2.45, 2.75) is 59.9 Å². The number of nitrogens with zero attached hydrogens (tertiary/aromatic N) is 2. The van der Waals surface area contributed by atoms with Gasteiger partial charge in [-0.3, -0.25) is 46.3 Å². The van der Waals surface area contributed by atoms with Crippen LogP contribution in [0.1, 0.15) is 25.7 Å². The molecule has 44 heavy (non-hydrogen) atoms. The normalized spacial score (nSPS) is 21.0. The van der Waals surface area contributed by atoms with Gasteiger partial charge in [0, 0.05) is 12.1 Å². The SMILES string of the molecule is O=P(O)(O)C(N(C(P(=O)(O)O)P(=O)(O)O)[C@@H]1CCCC[C@H]1N(C(P(=O)(O)O)P(=O)(O)O)C(P(=O)(O)O)P(=O)(O)O)P(=O)(O)O. The van der Waals surface area contributed by atoms with Crippen molar-refractivity contribution in [2.75, 3.05) is 0 Å². The van der Waals surface area contributed by atoms with Gasteiger partial charge in [0.25, 0.3) is 0 Å². The van der Waals surface area contributed by atoms with Gasteiger partial charge in [0.1, 0.15) is 0 Å². The summed E-state index contributed by atoms with van der Waals surface area (Å²) in [4.78, 5) is 155. The lowest BCUT2D eigenvalue weighted by molar-refractivity contribution is 0.0323. The molecule has 0 aromatic rings. The van der Waals surface area contributed by atoms with Crippen LogP contribution in [0.2, 0.25) is 0 Å². The van der Waals surface area contributed by atoms with Crippen LogP contribution in [0.25, 0.3) is 0 Å². The fraction of sp³-hybridized carbons (Fsp3) is 1.00. The minimum Gasteiger partial charge on any atom is -0.323 e. The second kappa shape index (κ2) is 13.8. The summed E-state index contributed by atoms with van der Waals surface area (Å²) in [5.74, 6) is 0. The molecule has 1 rings (SSSR count). The molecule has 2 atom stereocenters. The molecule has 34 heteroatoms. The van der Waals surface area contributed by atoms with Crippen molar-refractivity contribution in [3.8, 4) is 0 Å². The second-order valence-electron chi connectivity index (χ2n) is 9.41. The molecule has 0 spiro atoms. The molecule has 1 saturated carbocycles. The summed E-state index contributed by atoms with van der Waals surface area (Å²) in [6, 6.07) is -5.69. The maximum absolute atomic E-state index is 12.3. The Morgan fingerprint density at radius 2 is 0.477 bits per heavy atom. The maximum atomic E-state index is 12.3. The highest BCUT2D eigenvalue weighted by Gasteiger charge is 2.66. The Morgan fingerprint density at radius 3 is 0.591 bits per heavy atom. The summed E-state index contributed by atoms with van der Waals surface area (Å²) >= 11 is 0. The topological polar surface area (TPSA) is 467 Å². The Kier molecular flexibility index (Phi) is 13.5. The third kappa shape index (κ3) is 10.8. The second-order valence-corrected chi connectivity index (χ2v) is 24.4. The summed E-state index contributed by atoms with van der Waals surface area (Å²) < 4.78 is 98.8. The molecule has 0 aromatic heterocycles. The predicted molar refractivity (Wildman–Crippen MR) is 141 cm³/mol. The van der Waals surface area contributed by atoms with Crippen LogP contribution in [-0.4, -0.2) is 122 Å². The van der Waals surface area contributed by atoms with E-state index in [1.807, 2.05) is 0 Å². The first-order valence-electron chi connectivity index (χ1n) is 10.9. The van der Waals surface area contributed by atoms with Crippen molar-refractivity contribution in [1.29, 1.82) is 0 Å². The lowest BCUT2D eigenvalue weighted by Gasteiger charge is -2.52. The van der Waals surface area contributed by atoms with E-state index in [-0.39, 0.29) is 0 Å². The van der Waals surface area contributed by atoms with E-state index in [0.29, 0.717) is 0 Å². The van der Waals surface area contributed by atoms with E-state index in [2.05, 4.69) is 0 Å². The molecule has 0 saturated heterocycles. The van der Waals surface area contributed by atoms with Gasteiger partial charge in [-0.1, -0.05) is 12.8 Å². The predicted octanol–water partition coefficient (Wildman–Crippen LogP) is -2.54. The zero-order valence-electron chi connectivity index (χ0n) is 21.2. The molecule has 0 amide bonds. The summed E-state index contributed by atoms with van der Waals surface area (Å²) in [6.45, 7) is 0. The highest BCUT2D eigenvalue weighted by molar-refractivity contribution is 7.73. The van der Waals surface area contributed by atoms with Gasteiger partial charge in [-0.05, 0) is 12.8 Å². The molecule has 0 aromatic carbocycles. The van der Waals surface area contributed by atoms with E-state index in [1.165, 1.54) is 0 Å². The molecule has 1 aliphatic carbocycles. The van der Waals surface area contributed by atoms with Crippen molar-refractivity contribution in [2.24, 2.45) is 0 Å². The number of hydrogen-bond acceptors (Lipinski definition) is 10. The Labute approximate surface area is 245 Å². The highest BCUT2D eigenvalue weighted by Crippen LogP contribution is 2.72. The molecule has 26 nitrogen and oxygen atoms in total. The van der Waals surface area contributed by atoms with E-state index >= 15 is 0 Å². The van der Waals surface area contributed by atoms with Crippen molar-refractivity contribution >= 4 is 60.8 Å². The minimum atomic E-state index is -6.60. The van der Waals surface area contributed by atoms with Gasteiger partial charge >= 0.3 is 60.8 Å². The molecular formula is C10H30N2O24P8. The molecular weight excluding hydrogens is 780 g/mol. The van der Waals surface area contributed by atoms with Crippen molar-refractivity contribution in [3.05, 3.63) is 0 Å². The van der Waals surface area contributed by atoms with Crippen molar-refractivity contribution < 1.29 is 115 Å². The van der Waals surface area contributed by atoms with Crippen LogP contribution in [0.3, 0.4) is 0 Å². The Balaban J connectivity index is 4.57. The first kappa shape index (κ1) is 43.1. The third-order valence-electron chi connectivity index (χ3n) is 5.93. The van der Waals surface area contributed by atoms with Crippen molar-refractivity contribution in [3.63, 3.8) is 0 Å². The van der Waals surface area contributed by atoms with Gasteiger partial charge in [-0.2, -0.15) is 0 Å². The first-order chi connectivity index (χ1) is 19.0. The van der Waals surface area contributed by atoms with E-state index in [9.17, 15) is 115 Å². The standard InChI is InChI=1S/C10H30N2O24P8/c13-37(14,15)7(38(16,17)18)11(8(39(19,20)21)40(22,23)24)5-3-1-2-4-6(5)12(9(41(25,26)27)42(28,29)30)10(43(31,32)33)44(34,35)36/h5-10H,1-4H2,(H2,13,14,15)(H2,16,17,18)(H2,19,20,21)(H2,22,23,24)(H2,25,26,27)(H2,28,29,30)(H2,31,32,33)(H2,34,35,36)/t5-,6-/m1/s1. The summed E-state index contributed by atoms with van der Waals surface area (Å²) in [7, 11) is -52.8. The fourth-order valence-electron chi connectivity index (χ4n) is 4.88. The maximum Gasteiger partial charge on any atom is 0.355 e. The van der Waals surface area contributed by atoms with Crippen LogP contribution >= 0.6 is 60.8 Å². The third-order valence-corrected chi connectivity index (χ3v) is 20.1. The van der Waals surface area contributed by atoms with E-state index in [1.54, 1.807) is 0 Å². The summed E-state index contributed by atoms with van der Waals surface area (Å²) in [5.41, 5.74) is -15.9. The van der Waals surface area contributed by atoms with Gasteiger partial charge in [-0.25, -0.2) is 0 Å². The van der Waals surface area contributed by atoms with Crippen LogP contribution < -0.4 is 0 Å². The average molecular weight is 810 g/mol. The smallest absolute Gasteiger partial charge is 0.323 e. The Bertz CT molecular complexity index is 1140. The Morgan fingerprint density at radius 1 is 0.341 bits per heavy atom. The van der Waals surface area contributed by atoms with E-state index in [0.717, 1.165) is 0 Å². The largest absolute Gasteiger partial charge is 0.355 e. The van der Waals surface area contributed by atoms with E-state index in [4.69, 9.17) is 0 Å². The van der Waals surface area contributed by atoms with Crippen LogP contribution in [0.15, 0.2) is 0 Å². The van der Waals surface area contributed by atoms with Crippen LogP contribution in [0.5, 0.6) is 0 Å².